The lowest BCUT2D eigenvalue weighted by Crippen LogP contribution is -2.29. The fourth-order valence-corrected chi connectivity index (χ4v) is 4.07. The van der Waals surface area contributed by atoms with Crippen molar-refractivity contribution >= 4 is 34.3 Å². The Hall–Kier alpha value is -3.65. The van der Waals surface area contributed by atoms with E-state index in [1.165, 1.54) is 17.4 Å². The highest BCUT2D eigenvalue weighted by atomic mass is 32.1. The van der Waals surface area contributed by atoms with Gasteiger partial charge in [0, 0.05) is 47.2 Å². The summed E-state index contributed by atoms with van der Waals surface area (Å²) in [5.41, 5.74) is 4.12. The SMILES string of the molecule is CC1=C(c2csc(Cc3cccc([N+](=O)[O-])c3)n2)CC(NC(=O)c2ccccc2)=N1. The molecular formula is C22H18N4O3S. The number of nitrogens with zero attached hydrogens (tertiary/aromatic N) is 3. The van der Waals surface area contributed by atoms with Gasteiger partial charge in [-0.15, -0.1) is 11.3 Å². The van der Waals surface area contributed by atoms with Crippen molar-refractivity contribution in [3.05, 3.63) is 97.6 Å². The molecule has 1 amide bonds. The van der Waals surface area contributed by atoms with E-state index in [1.807, 2.05) is 36.6 Å². The molecule has 0 atom stereocenters. The Labute approximate surface area is 177 Å². The van der Waals surface area contributed by atoms with E-state index < -0.39 is 4.92 Å². The third-order valence-corrected chi connectivity index (χ3v) is 5.56. The van der Waals surface area contributed by atoms with Crippen LogP contribution in [0.5, 0.6) is 0 Å². The van der Waals surface area contributed by atoms with E-state index in [0.717, 1.165) is 27.5 Å². The highest BCUT2D eigenvalue weighted by molar-refractivity contribution is 7.09. The Morgan fingerprint density at radius 2 is 2.00 bits per heavy atom. The lowest BCUT2D eigenvalue weighted by molar-refractivity contribution is -0.384. The number of aliphatic imine (C=N–C) groups is 1. The second kappa shape index (κ2) is 8.38. The molecule has 0 spiro atoms. The molecule has 1 N–H and O–H groups in total. The zero-order valence-corrected chi connectivity index (χ0v) is 17.0. The number of nitrogens with one attached hydrogen (secondary N) is 1. The third kappa shape index (κ3) is 4.33. The molecule has 7 nitrogen and oxygen atoms in total. The van der Waals surface area contributed by atoms with Crippen LogP contribution >= 0.6 is 11.3 Å². The van der Waals surface area contributed by atoms with Crippen molar-refractivity contribution in [2.24, 2.45) is 4.99 Å². The third-order valence-electron chi connectivity index (χ3n) is 4.72. The minimum Gasteiger partial charge on any atom is -0.310 e. The number of amides is 1. The van der Waals surface area contributed by atoms with Crippen molar-refractivity contribution in [3.8, 4) is 0 Å². The van der Waals surface area contributed by atoms with Crippen molar-refractivity contribution in [3.63, 3.8) is 0 Å². The molecule has 1 aliphatic rings. The Morgan fingerprint density at radius 1 is 1.20 bits per heavy atom. The van der Waals surface area contributed by atoms with Crippen molar-refractivity contribution in [2.75, 3.05) is 0 Å². The summed E-state index contributed by atoms with van der Waals surface area (Å²) in [5.74, 6) is 0.414. The molecule has 30 heavy (non-hydrogen) atoms. The van der Waals surface area contributed by atoms with E-state index in [1.54, 1.807) is 24.3 Å². The summed E-state index contributed by atoms with van der Waals surface area (Å²) in [6, 6.07) is 15.6. The van der Waals surface area contributed by atoms with Crippen LogP contribution in [0.2, 0.25) is 0 Å². The molecule has 2 heterocycles. The molecule has 0 saturated carbocycles. The minimum absolute atomic E-state index is 0.0748. The molecule has 0 fully saturated rings. The molecule has 0 saturated heterocycles. The molecule has 4 rings (SSSR count). The van der Waals surface area contributed by atoms with Gasteiger partial charge in [0.25, 0.3) is 11.6 Å². The second-order valence-corrected chi connectivity index (χ2v) is 7.79. The fourth-order valence-electron chi connectivity index (χ4n) is 3.23. The molecule has 0 bridgehead atoms. The zero-order valence-electron chi connectivity index (χ0n) is 16.2. The van der Waals surface area contributed by atoms with Crippen LogP contribution in [-0.2, 0) is 6.42 Å². The number of allylic oxidation sites excluding steroid dienone is 1. The first-order valence-corrected chi connectivity index (χ1v) is 10.2. The Kier molecular flexibility index (Phi) is 5.49. The zero-order chi connectivity index (χ0) is 21.1. The van der Waals surface area contributed by atoms with E-state index in [2.05, 4.69) is 15.3 Å². The summed E-state index contributed by atoms with van der Waals surface area (Å²) in [4.78, 5) is 32.1. The van der Waals surface area contributed by atoms with Gasteiger partial charge in [-0.25, -0.2) is 9.98 Å². The number of nitro groups is 1. The van der Waals surface area contributed by atoms with E-state index >= 15 is 0 Å². The first-order chi connectivity index (χ1) is 14.5. The van der Waals surface area contributed by atoms with Gasteiger partial charge in [0.05, 0.1) is 15.6 Å². The number of carbonyl (C=O) groups is 1. The summed E-state index contributed by atoms with van der Waals surface area (Å²) < 4.78 is 0. The Bertz CT molecular complexity index is 1180. The van der Waals surface area contributed by atoms with Crippen molar-refractivity contribution in [2.45, 2.75) is 19.8 Å². The van der Waals surface area contributed by atoms with Crippen LogP contribution in [-0.4, -0.2) is 21.7 Å². The number of rotatable bonds is 5. The van der Waals surface area contributed by atoms with Crippen LogP contribution in [0.15, 0.2) is 70.7 Å². The highest BCUT2D eigenvalue weighted by Gasteiger charge is 2.21. The monoisotopic (exact) mass is 418 g/mol. The first-order valence-electron chi connectivity index (χ1n) is 9.31. The van der Waals surface area contributed by atoms with E-state index in [-0.39, 0.29) is 11.6 Å². The second-order valence-electron chi connectivity index (χ2n) is 6.85. The maximum absolute atomic E-state index is 12.4. The van der Waals surface area contributed by atoms with E-state index in [4.69, 9.17) is 0 Å². The lowest BCUT2D eigenvalue weighted by atomic mass is 10.1. The quantitative estimate of drug-likeness (QED) is 0.483. The molecule has 0 radical (unpaired) electrons. The fraction of sp³-hybridized carbons (Fsp3) is 0.136. The number of thiazole rings is 1. The molecule has 3 aromatic rings. The molecule has 2 aromatic carbocycles. The number of non-ortho nitro benzene ring substituents is 1. The van der Waals surface area contributed by atoms with Gasteiger partial charge in [0.2, 0.25) is 0 Å². The first kappa shape index (κ1) is 19.7. The van der Waals surface area contributed by atoms with Gasteiger partial charge in [-0.05, 0) is 24.6 Å². The lowest BCUT2D eigenvalue weighted by Gasteiger charge is -2.05. The van der Waals surface area contributed by atoms with Crippen LogP contribution in [0.1, 0.15) is 40.0 Å². The summed E-state index contributed by atoms with van der Waals surface area (Å²) in [7, 11) is 0. The molecule has 0 unspecified atom stereocenters. The van der Waals surface area contributed by atoms with E-state index in [9.17, 15) is 14.9 Å². The minimum atomic E-state index is -0.397. The predicted molar refractivity (Wildman–Crippen MR) is 117 cm³/mol. The standard InChI is InChI=1S/C22H18N4O3S/c1-14-18(12-20(23-14)25-22(27)16-7-3-2-4-8-16)19-13-30-21(24-19)11-15-6-5-9-17(10-15)26(28)29/h2-10,13H,11-12H2,1H3,(H,23,25,27). The molecule has 150 valence electrons. The van der Waals surface area contributed by atoms with Crippen molar-refractivity contribution in [1.29, 1.82) is 0 Å². The van der Waals surface area contributed by atoms with Gasteiger partial charge in [0.1, 0.15) is 5.84 Å². The number of hydrogen-bond acceptors (Lipinski definition) is 6. The number of hydrogen-bond donors (Lipinski definition) is 1. The summed E-state index contributed by atoms with van der Waals surface area (Å²) in [6.45, 7) is 1.90. The van der Waals surface area contributed by atoms with Crippen LogP contribution in [0, 0.1) is 10.1 Å². The van der Waals surface area contributed by atoms with Crippen LogP contribution in [0.3, 0.4) is 0 Å². The molecule has 1 aliphatic heterocycles. The Morgan fingerprint density at radius 3 is 2.77 bits per heavy atom. The van der Waals surface area contributed by atoms with Gasteiger partial charge in [-0.2, -0.15) is 0 Å². The number of amidine groups is 1. The van der Waals surface area contributed by atoms with Crippen LogP contribution in [0.25, 0.3) is 5.57 Å². The largest absolute Gasteiger partial charge is 0.310 e. The normalized spacial score (nSPS) is 13.3. The molecule has 1 aromatic heterocycles. The van der Waals surface area contributed by atoms with Crippen LogP contribution < -0.4 is 5.32 Å². The smallest absolute Gasteiger partial charge is 0.269 e. The van der Waals surface area contributed by atoms with Gasteiger partial charge >= 0.3 is 0 Å². The van der Waals surface area contributed by atoms with E-state index in [0.29, 0.717) is 24.2 Å². The maximum Gasteiger partial charge on any atom is 0.269 e. The maximum atomic E-state index is 12.4. The summed E-state index contributed by atoms with van der Waals surface area (Å²) in [6.07, 6.45) is 1.03. The summed E-state index contributed by atoms with van der Waals surface area (Å²) >= 11 is 1.51. The molecule has 0 aliphatic carbocycles. The number of nitro benzene ring substituents is 1. The van der Waals surface area contributed by atoms with Gasteiger partial charge in [0.15, 0.2) is 0 Å². The van der Waals surface area contributed by atoms with Gasteiger partial charge in [-0.3, -0.25) is 14.9 Å². The molecular weight excluding hydrogens is 400 g/mol. The number of aromatic nitrogens is 1. The number of carbonyl (C=O) groups excluding carboxylic acids is 1. The predicted octanol–water partition coefficient (Wildman–Crippen LogP) is 4.61. The average Bonchev–Trinajstić information content (AvgIpc) is 3.35. The van der Waals surface area contributed by atoms with Crippen molar-refractivity contribution < 1.29 is 9.72 Å². The molecule has 8 heteroatoms. The summed E-state index contributed by atoms with van der Waals surface area (Å²) in [5, 5.41) is 16.7. The average molecular weight is 418 g/mol. The van der Waals surface area contributed by atoms with Gasteiger partial charge in [-0.1, -0.05) is 30.3 Å². The van der Waals surface area contributed by atoms with Gasteiger partial charge < -0.3 is 5.32 Å². The number of benzene rings is 2. The Balaban J connectivity index is 1.43. The van der Waals surface area contributed by atoms with Crippen molar-refractivity contribution in [1.82, 2.24) is 10.3 Å². The highest BCUT2D eigenvalue weighted by Crippen LogP contribution is 2.30. The topological polar surface area (TPSA) is 97.5 Å². The van der Waals surface area contributed by atoms with Crippen LogP contribution in [0.4, 0.5) is 5.69 Å².